The van der Waals surface area contributed by atoms with Gasteiger partial charge in [0.25, 0.3) is 0 Å². The van der Waals surface area contributed by atoms with Crippen LogP contribution in [0.3, 0.4) is 0 Å². The Labute approximate surface area is 125 Å². The van der Waals surface area contributed by atoms with Crippen molar-refractivity contribution in [3.8, 4) is 16.9 Å². The molecule has 0 heterocycles. The van der Waals surface area contributed by atoms with E-state index in [-0.39, 0.29) is 6.04 Å². The van der Waals surface area contributed by atoms with Crippen LogP contribution in [0.5, 0.6) is 5.75 Å². The quantitative estimate of drug-likeness (QED) is 0.883. The largest absolute Gasteiger partial charge is 0.496 e. The highest BCUT2D eigenvalue weighted by molar-refractivity contribution is 6.31. The molecule has 0 amide bonds. The minimum Gasteiger partial charge on any atom is -0.496 e. The van der Waals surface area contributed by atoms with Gasteiger partial charge in [-0.05, 0) is 42.2 Å². The van der Waals surface area contributed by atoms with Gasteiger partial charge in [0.2, 0.25) is 0 Å². The number of nitrogens with two attached hydrogens (primary N) is 1. The molecule has 0 aliphatic carbocycles. The Morgan fingerprint density at radius 3 is 2.40 bits per heavy atom. The van der Waals surface area contributed by atoms with Crippen LogP contribution in [0, 0.1) is 6.92 Å². The van der Waals surface area contributed by atoms with Gasteiger partial charge in [-0.15, -0.1) is 0 Å². The van der Waals surface area contributed by atoms with Gasteiger partial charge in [0.15, 0.2) is 0 Å². The van der Waals surface area contributed by atoms with Crippen LogP contribution in [0.4, 0.5) is 0 Å². The van der Waals surface area contributed by atoms with E-state index in [0.29, 0.717) is 0 Å². The van der Waals surface area contributed by atoms with Crippen LogP contribution in [0.2, 0.25) is 5.02 Å². The SMILES string of the molecule is CCC(N)c1ccc(-c2cc(C)c(Cl)cc2OC)cc1. The number of rotatable bonds is 4. The Hall–Kier alpha value is -1.51. The van der Waals surface area contributed by atoms with Crippen molar-refractivity contribution in [2.24, 2.45) is 5.73 Å². The third-order valence-electron chi connectivity index (χ3n) is 3.57. The molecule has 3 heteroatoms. The molecule has 0 radical (unpaired) electrons. The number of halogens is 1. The first-order valence-corrected chi connectivity index (χ1v) is 7.14. The lowest BCUT2D eigenvalue weighted by Crippen LogP contribution is -2.08. The van der Waals surface area contributed by atoms with Crippen molar-refractivity contribution >= 4 is 11.6 Å². The van der Waals surface area contributed by atoms with Crippen molar-refractivity contribution in [2.75, 3.05) is 7.11 Å². The fraction of sp³-hybridized carbons (Fsp3) is 0.294. The van der Waals surface area contributed by atoms with E-state index in [0.717, 1.165) is 39.4 Å². The summed E-state index contributed by atoms with van der Waals surface area (Å²) in [5.41, 5.74) is 10.4. The monoisotopic (exact) mass is 289 g/mol. The number of hydrogen-bond acceptors (Lipinski definition) is 2. The van der Waals surface area contributed by atoms with Crippen molar-refractivity contribution in [3.63, 3.8) is 0 Å². The van der Waals surface area contributed by atoms with E-state index in [1.54, 1.807) is 7.11 Å². The number of aryl methyl sites for hydroxylation is 1. The summed E-state index contributed by atoms with van der Waals surface area (Å²) in [6, 6.07) is 12.3. The van der Waals surface area contributed by atoms with Gasteiger partial charge in [-0.2, -0.15) is 0 Å². The summed E-state index contributed by atoms with van der Waals surface area (Å²) in [6.45, 7) is 4.08. The average Bonchev–Trinajstić information content (AvgIpc) is 2.49. The molecule has 2 rings (SSSR count). The molecule has 20 heavy (non-hydrogen) atoms. The van der Waals surface area contributed by atoms with E-state index in [2.05, 4.69) is 37.3 Å². The van der Waals surface area contributed by atoms with Crippen molar-refractivity contribution < 1.29 is 4.74 Å². The van der Waals surface area contributed by atoms with Crippen LogP contribution in [-0.4, -0.2) is 7.11 Å². The van der Waals surface area contributed by atoms with Crippen molar-refractivity contribution in [1.82, 2.24) is 0 Å². The van der Waals surface area contributed by atoms with Crippen molar-refractivity contribution in [3.05, 3.63) is 52.5 Å². The summed E-state index contributed by atoms with van der Waals surface area (Å²) in [6.07, 6.45) is 0.933. The zero-order valence-corrected chi connectivity index (χ0v) is 12.9. The Morgan fingerprint density at radius 1 is 1.20 bits per heavy atom. The maximum Gasteiger partial charge on any atom is 0.128 e. The first kappa shape index (κ1) is 14.9. The first-order chi connectivity index (χ1) is 9.56. The first-order valence-electron chi connectivity index (χ1n) is 6.76. The van der Waals surface area contributed by atoms with Gasteiger partial charge in [0.1, 0.15) is 5.75 Å². The van der Waals surface area contributed by atoms with E-state index >= 15 is 0 Å². The predicted octanol–water partition coefficient (Wildman–Crippen LogP) is 4.73. The minimum atomic E-state index is 0.0953. The van der Waals surface area contributed by atoms with Crippen LogP contribution >= 0.6 is 11.6 Å². The summed E-state index contributed by atoms with van der Waals surface area (Å²) in [4.78, 5) is 0. The van der Waals surface area contributed by atoms with Crippen LogP contribution in [-0.2, 0) is 0 Å². The van der Waals surface area contributed by atoms with Gasteiger partial charge in [0.05, 0.1) is 7.11 Å². The molecule has 0 fully saturated rings. The second-order valence-corrected chi connectivity index (χ2v) is 5.35. The second kappa shape index (κ2) is 6.29. The average molecular weight is 290 g/mol. The van der Waals surface area contributed by atoms with E-state index in [4.69, 9.17) is 22.1 Å². The van der Waals surface area contributed by atoms with Crippen LogP contribution < -0.4 is 10.5 Å². The maximum atomic E-state index is 6.14. The lowest BCUT2D eigenvalue weighted by atomic mass is 9.98. The Morgan fingerprint density at radius 2 is 1.85 bits per heavy atom. The molecule has 2 aromatic carbocycles. The summed E-state index contributed by atoms with van der Waals surface area (Å²) in [7, 11) is 1.66. The van der Waals surface area contributed by atoms with Crippen LogP contribution in [0.1, 0.15) is 30.5 Å². The third-order valence-corrected chi connectivity index (χ3v) is 3.98. The molecule has 0 aliphatic heterocycles. The molecule has 0 aliphatic rings. The van der Waals surface area contributed by atoms with Crippen LogP contribution in [0.25, 0.3) is 11.1 Å². The molecular weight excluding hydrogens is 270 g/mol. The molecule has 0 spiro atoms. The summed E-state index contributed by atoms with van der Waals surface area (Å²) >= 11 is 6.14. The van der Waals surface area contributed by atoms with E-state index < -0.39 is 0 Å². The van der Waals surface area contributed by atoms with Gasteiger partial charge in [-0.1, -0.05) is 42.8 Å². The number of hydrogen-bond donors (Lipinski definition) is 1. The van der Waals surface area contributed by atoms with E-state index in [1.165, 1.54) is 0 Å². The molecule has 1 atom stereocenters. The normalized spacial score (nSPS) is 12.2. The lowest BCUT2D eigenvalue weighted by Gasteiger charge is -2.13. The number of benzene rings is 2. The molecule has 0 aromatic heterocycles. The van der Waals surface area contributed by atoms with E-state index in [1.807, 2.05) is 13.0 Å². The molecular formula is C17H20ClNO. The smallest absolute Gasteiger partial charge is 0.128 e. The maximum absolute atomic E-state index is 6.14. The lowest BCUT2D eigenvalue weighted by molar-refractivity contribution is 0.416. The van der Waals surface area contributed by atoms with Gasteiger partial charge in [-0.25, -0.2) is 0 Å². The molecule has 0 bridgehead atoms. The Balaban J connectivity index is 2.43. The highest BCUT2D eigenvalue weighted by Crippen LogP contribution is 2.35. The predicted molar refractivity (Wildman–Crippen MR) is 85.4 cm³/mol. The second-order valence-electron chi connectivity index (χ2n) is 4.94. The van der Waals surface area contributed by atoms with Gasteiger partial charge in [-0.3, -0.25) is 0 Å². The third kappa shape index (κ3) is 2.97. The molecule has 2 nitrogen and oxygen atoms in total. The van der Waals surface area contributed by atoms with E-state index in [9.17, 15) is 0 Å². The highest BCUT2D eigenvalue weighted by Gasteiger charge is 2.10. The molecule has 1 unspecified atom stereocenters. The molecule has 2 aromatic rings. The summed E-state index contributed by atoms with van der Waals surface area (Å²) < 4.78 is 5.43. The number of ether oxygens (including phenoxy) is 1. The van der Waals surface area contributed by atoms with Gasteiger partial charge >= 0.3 is 0 Å². The number of methoxy groups -OCH3 is 1. The molecule has 2 N–H and O–H groups in total. The van der Waals surface area contributed by atoms with Crippen LogP contribution in [0.15, 0.2) is 36.4 Å². The van der Waals surface area contributed by atoms with Crippen molar-refractivity contribution in [2.45, 2.75) is 26.3 Å². The highest BCUT2D eigenvalue weighted by atomic mass is 35.5. The molecule has 106 valence electrons. The van der Waals surface area contributed by atoms with Gasteiger partial charge < -0.3 is 10.5 Å². The fourth-order valence-corrected chi connectivity index (χ4v) is 2.36. The molecule has 0 saturated carbocycles. The topological polar surface area (TPSA) is 35.2 Å². The fourth-order valence-electron chi connectivity index (χ4n) is 2.20. The van der Waals surface area contributed by atoms with Crippen molar-refractivity contribution in [1.29, 1.82) is 0 Å². The zero-order valence-electron chi connectivity index (χ0n) is 12.1. The Bertz CT molecular complexity index is 593. The molecule has 0 saturated heterocycles. The summed E-state index contributed by atoms with van der Waals surface area (Å²) in [5, 5.41) is 0.718. The summed E-state index contributed by atoms with van der Waals surface area (Å²) in [5.74, 6) is 0.785. The van der Waals surface area contributed by atoms with Gasteiger partial charge in [0, 0.05) is 16.6 Å². The Kier molecular flexibility index (Phi) is 4.69. The minimum absolute atomic E-state index is 0.0953. The zero-order chi connectivity index (χ0) is 14.7. The standard InChI is InChI=1S/C17H20ClNO/c1-4-16(19)13-7-5-12(6-8-13)14-9-11(2)15(18)10-17(14)20-3/h5-10,16H,4,19H2,1-3H3.